The highest BCUT2D eigenvalue weighted by Crippen LogP contribution is 2.47. The average Bonchev–Trinajstić information content (AvgIpc) is 2.95. The summed E-state index contributed by atoms with van der Waals surface area (Å²) in [5.41, 5.74) is 9.53. The monoisotopic (exact) mass is 1090 g/mol. The molecule has 83 heavy (non-hydrogen) atoms. The minimum absolute atomic E-state index is 0.00259. The van der Waals surface area contributed by atoms with Crippen molar-refractivity contribution >= 4 is 65.4 Å². The van der Waals surface area contributed by atoms with E-state index in [1.54, 1.807) is 4.57 Å². The topological polar surface area (TPSA) is 53.5 Å². The number of hydrogen-bond donors (Lipinski definition) is 0. The van der Waals surface area contributed by atoms with Gasteiger partial charge in [0.1, 0.15) is 0 Å². The van der Waals surface area contributed by atoms with E-state index in [-0.39, 0.29) is 21.8 Å². The molecule has 0 saturated carbocycles. The Kier molecular flexibility index (Phi) is 11.3. The molecule has 0 spiro atoms. The fourth-order valence-corrected chi connectivity index (χ4v) is 12.0. The molecule has 0 amide bonds. The third kappa shape index (κ3) is 8.31. The SMILES string of the molecule is FC(F)(F)c1ccc2c(c1)c1cc(C(F)(F)F)ccc1n2-c1c(-c2ccc(-n3c4ccccc4c4ccccc43)cc2)cc(-c2nc(-c3ccccc3)nc(-c3ccccc3)n2)cc1-c1ccc(-n2c3ccccc3c3ccccc32)cc1. The molecule has 0 aliphatic carbocycles. The van der Waals surface area contributed by atoms with Crippen LogP contribution >= 0.6 is 0 Å². The van der Waals surface area contributed by atoms with Crippen LogP contribution in [0.1, 0.15) is 11.1 Å². The standard InChI is InChI=1S/C71H42F6N6/c72-70(73,74)48-31-37-64-58(41-48)59-42-49(71(75,76)77)32-38-65(59)83(64)66-56(43-27-33-50(34-28-43)81-60-23-11-7-19-52(60)53-20-8-12-24-61(53)81)39-47(69-79-67(45-15-3-1-4-16-45)78-68(80-69)46-17-5-2-6-18-46)40-57(66)44-29-35-51(36-30-44)82-62-25-13-9-21-54(62)55-22-10-14-26-63(55)82/h1-42H. The van der Waals surface area contributed by atoms with Crippen LogP contribution in [0.3, 0.4) is 0 Å². The van der Waals surface area contributed by atoms with E-state index in [1.165, 1.54) is 12.1 Å². The first-order valence-electron chi connectivity index (χ1n) is 26.9. The Balaban J connectivity index is 1.05. The van der Waals surface area contributed by atoms with Gasteiger partial charge in [-0.2, -0.15) is 26.3 Å². The van der Waals surface area contributed by atoms with Gasteiger partial charge in [-0.15, -0.1) is 0 Å². The van der Waals surface area contributed by atoms with Gasteiger partial charge in [0, 0.05) is 71.5 Å². The second-order valence-corrected chi connectivity index (χ2v) is 20.6. The van der Waals surface area contributed by atoms with E-state index in [1.807, 2.05) is 170 Å². The summed E-state index contributed by atoms with van der Waals surface area (Å²) < 4.78 is 94.9. The number of nitrogens with zero attached hydrogens (tertiary/aromatic N) is 6. The van der Waals surface area contributed by atoms with Gasteiger partial charge < -0.3 is 13.7 Å². The van der Waals surface area contributed by atoms with E-state index in [4.69, 9.17) is 15.0 Å². The van der Waals surface area contributed by atoms with E-state index < -0.39 is 23.5 Å². The number of fused-ring (bicyclic) bond motifs is 9. The molecule has 4 aromatic heterocycles. The molecule has 0 aliphatic heterocycles. The highest BCUT2D eigenvalue weighted by atomic mass is 19.4. The molecule has 0 saturated heterocycles. The van der Waals surface area contributed by atoms with Crippen LogP contribution in [-0.4, -0.2) is 28.7 Å². The molecule has 4 heterocycles. The molecule has 0 unspecified atom stereocenters. The zero-order valence-electron chi connectivity index (χ0n) is 43.7. The van der Waals surface area contributed by atoms with E-state index in [0.717, 1.165) is 90.4 Å². The summed E-state index contributed by atoms with van der Waals surface area (Å²) in [4.78, 5) is 15.4. The number of halogens is 6. The molecule has 0 bridgehead atoms. The maximum Gasteiger partial charge on any atom is 0.416 e. The second-order valence-electron chi connectivity index (χ2n) is 20.6. The molecule has 15 aromatic rings. The predicted octanol–water partition coefficient (Wildman–Crippen LogP) is 19.5. The lowest BCUT2D eigenvalue weighted by Gasteiger charge is -2.22. The zero-order chi connectivity index (χ0) is 56.1. The maximum atomic E-state index is 14.8. The Morgan fingerprint density at radius 3 is 0.916 bits per heavy atom. The van der Waals surface area contributed by atoms with Crippen molar-refractivity contribution in [2.75, 3.05) is 0 Å². The van der Waals surface area contributed by atoms with E-state index in [2.05, 4.69) is 57.7 Å². The third-order valence-corrected chi connectivity index (χ3v) is 15.7. The van der Waals surface area contributed by atoms with Crippen LogP contribution < -0.4 is 0 Å². The van der Waals surface area contributed by atoms with Gasteiger partial charge in [-0.1, -0.05) is 158 Å². The van der Waals surface area contributed by atoms with Crippen molar-refractivity contribution in [1.82, 2.24) is 28.7 Å². The largest absolute Gasteiger partial charge is 0.416 e. The molecule has 398 valence electrons. The summed E-state index contributed by atoms with van der Waals surface area (Å²) in [6.07, 6.45) is -9.58. The van der Waals surface area contributed by atoms with Gasteiger partial charge in [0.25, 0.3) is 0 Å². The van der Waals surface area contributed by atoms with Crippen molar-refractivity contribution in [2.45, 2.75) is 12.4 Å². The molecule has 11 aromatic carbocycles. The molecular formula is C71H42F6N6. The first-order chi connectivity index (χ1) is 40.4. The highest BCUT2D eigenvalue weighted by Gasteiger charge is 2.34. The Morgan fingerprint density at radius 2 is 0.566 bits per heavy atom. The summed E-state index contributed by atoms with van der Waals surface area (Å²) in [6, 6.07) is 78.8. The number of alkyl halides is 6. The second kappa shape index (κ2) is 19.0. The summed E-state index contributed by atoms with van der Waals surface area (Å²) in [5.74, 6) is 1.19. The van der Waals surface area contributed by atoms with Crippen LogP contribution in [0.25, 0.3) is 139 Å². The van der Waals surface area contributed by atoms with Crippen LogP contribution in [0.2, 0.25) is 0 Å². The maximum absolute atomic E-state index is 14.8. The number of para-hydroxylation sites is 4. The first kappa shape index (κ1) is 49.5. The molecule has 12 heteroatoms. The quantitative estimate of drug-likeness (QED) is 0.143. The van der Waals surface area contributed by atoms with Gasteiger partial charge in [0.15, 0.2) is 17.5 Å². The molecule has 0 atom stereocenters. The van der Waals surface area contributed by atoms with Gasteiger partial charge in [0.05, 0.1) is 49.9 Å². The lowest BCUT2D eigenvalue weighted by atomic mass is 9.92. The Labute approximate surface area is 470 Å². The summed E-state index contributed by atoms with van der Waals surface area (Å²) in [7, 11) is 0. The van der Waals surface area contributed by atoms with Gasteiger partial charge in [-0.25, -0.2) is 15.0 Å². The van der Waals surface area contributed by atoms with Gasteiger partial charge in [-0.05, 0) is 108 Å². The van der Waals surface area contributed by atoms with Crippen molar-refractivity contribution < 1.29 is 26.3 Å². The van der Waals surface area contributed by atoms with Crippen LogP contribution in [0.4, 0.5) is 26.3 Å². The first-order valence-corrected chi connectivity index (χ1v) is 26.9. The summed E-state index contributed by atoms with van der Waals surface area (Å²) in [5, 5.41) is 4.36. The van der Waals surface area contributed by atoms with Gasteiger partial charge in [0.2, 0.25) is 0 Å². The molecule has 15 rings (SSSR count). The minimum atomic E-state index is -4.79. The lowest BCUT2D eigenvalue weighted by Crippen LogP contribution is -2.06. The van der Waals surface area contributed by atoms with Crippen LogP contribution in [0.15, 0.2) is 255 Å². The predicted molar refractivity (Wildman–Crippen MR) is 320 cm³/mol. The van der Waals surface area contributed by atoms with Crippen LogP contribution in [-0.2, 0) is 12.4 Å². The van der Waals surface area contributed by atoms with Gasteiger partial charge in [-0.3, -0.25) is 0 Å². The number of hydrogen-bond acceptors (Lipinski definition) is 3. The fourth-order valence-electron chi connectivity index (χ4n) is 12.0. The van der Waals surface area contributed by atoms with Crippen LogP contribution in [0, 0.1) is 0 Å². The third-order valence-electron chi connectivity index (χ3n) is 15.7. The smallest absolute Gasteiger partial charge is 0.309 e. The number of aromatic nitrogens is 6. The summed E-state index contributed by atoms with van der Waals surface area (Å²) in [6.45, 7) is 0. The fraction of sp³-hybridized carbons (Fsp3) is 0.0282. The minimum Gasteiger partial charge on any atom is -0.309 e. The Hall–Kier alpha value is -10.6. The normalized spacial score (nSPS) is 12.2. The Morgan fingerprint density at radius 1 is 0.253 bits per heavy atom. The van der Waals surface area contributed by atoms with E-state index in [9.17, 15) is 26.3 Å². The number of benzene rings is 11. The lowest BCUT2D eigenvalue weighted by molar-refractivity contribution is -0.138. The molecule has 6 nitrogen and oxygen atoms in total. The molecular weight excluding hydrogens is 1050 g/mol. The van der Waals surface area contributed by atoms with Crippen molar-refractivity contribution in [2.24, 2.45) is 0 Å². The van der Waals surface area contributed by atoms with Gasteiger partial charge >= 0.3 is 12.4 Å². The highest BCUT2D eigenvalue weighted by molar-refractivity contribution is 6.13. The molecule has 0 aliphatic rings. The van der Waals surface area contributed by atoms with E-state index >= 15 is 0 Å². The zero-order valence-corrected chi connectivity index (χ0v) is 43.7. The Bertz CT molecular complexity index is 4630. The van der Waals surface area contributed by atoms with E-state index in [0.29, 0.717) is 51.0 Å². The molecule has 0 radical (unpaired) electrons. The molecule has 0 N–H and O–H groups in total. The van der Waals surface area contributed by atoms with Crippen molar-refractivity contribution in [3.8, 4) is 73.5 Å². The summed E-state index contributed by atoms with van der Waals surface area (Å²) >= 11 is 0. The van der Waals surface area contributed by atoms with Crippen molar-refractivity contribution in [3.05, 3.63) is 266 Å². The number of rotatable bonds is 8. The van der Waals surface area contributed by atoms with Crippen LogP contribution in [0.5, 0.6) is 0 Å². The average molecular weight is 1090 g/mol. The molecule has 0 fully saturated rings. The van der Waals surface area contributed by atoms with Crippen molar-refractivity contribution in [3.63, 3.8) is 0 Å². The van der Waals surface area contributed by atoms with Crippen molar-refractivity contribution in [1.29, 1.82) is 0 Å².